The number of carbonyl (C=O) groups excluding carboxylic acids is 1. The predicted octanol–water partition coefficient (Wildman–Crippen LogP) is 6.79. The van der Waals surface area contributed by atoms with Crippen molar-refractivity contribution in [2.24, 2.45) is 0 Å². The quantitative estimate of drug-likeness (QED) is 0.417. The third-order valence-electron chi connectivity index (χ3n) is 7.24. The fourth-order valence-corrected chi connectivity index (χ4v) is 5.72. The minimum Gasteiger partial charge on any atom is -0.386 e. The molecule has 1 heterocycles. The Morgan fingerprint density at radius 2 is 1.90 bits per heavy atom. The van der Waals surface area contributed by atoms with Gasteiger partial charge in [0.05, 0.1) is 16.7 Å². The van der Waals surface area contributed by atoms with Gasteiger partial charge in [0, 0.05) is 24.5 Å². The highest BCUT2D eigenvalue weighted by Crippen LogP contribution is 2.46. The van der Waals surface area contributed by atoms with Crippen LogP contribution in [0.25, 0.3) is 16.5 Å². The largest absolute Gasteiger partial charge is 0.386 e. The molecule has 0 bridgehead atoms. The zero-order valence-electron chi connectivity index (χ0n) is 19.3. The Bertz CT molecular complexity index is 1130. The maximum Gasteiger partial charge on any atom is 0.124 e. The van der Waals surface area contributed by atoms with Crippen molar-refractivity contribution < 1.29 is 4.79 Å². The van der Waals surface area contributed by atoms with E-state index in [0.29, 0.717) is 6.42 Å². The van der Waals surface area contributed by atoms with Gasteiger partial charge in [-0.15, -0.1) is 6.58 Å². The number of hydrogen-bond acceptors (Lipinski definition) is 2. The smallest absolute Gasteiger partial charge is 0.124 e. The molecule has 1 aromatic carbocycles. The highest BCUT2D eigenvalue weighted by Gasteiger charge is 2.36. The molecule has 2 aliphatic carbocycles. The van der Waals surface area contributed by atoms with Crippen LogP contribution in [-0.4, -0.2) is 17.9 Å². The summed E-state index contributed by atoms with van der Waals surface area (Å²) in [7, 11) is 1.99. The van der Waals surface area contributed by atoms with Gasteiger partial charge in [-0.25, -0.2) is 0 Å². The lowest BCUT2D eigenvalue weighted by Gasteiger charge is -2.32. The minimum atomic E-state index is -0.0425. The Balaban J connectivity index is 2.12. The third kappa shape index (κ3) is 3.40. The Morgan fingerprint density at radius 1 is 1.16 bits per heavy atom. The minimum absolute atomic E-state index is 0.0425. The molecule has 0 amide bonds. The van der Waals surface area contributed by atoms with Gasteiger partial charge in [0.25, 0.3) is 0 Å². The first kappa shape index (κ1) is 21.4. The van der Waals surface area contributed by atoms with E-state index in [2.05, 4.69) is 73.7 Å². The Morgan fingerprint density at radius 3 is 2.55 bits per heavy atom. The number of fused-ring (bicyclic) bond motifs is 1. The van der Waals surface area contributed by atoms with E-state index in [1.807, 2.05) is 7.05 Å². The number of aryl methyl sites for hydroxylation is 1. The summed E-state index contributed by atoms with van der Waals surface area (Å²) in [6.45, 7) is 10.8. The van der Waals surface area contributed by atoms with Crippen molar-refractivity contribution >= 4 is 28.4 Å². The van der Waals surface area contributed by atoms with Crippen molar-refractivity contribution in [3.63, 3.8) is 0 Å². The lowest BCUT2D eigenvalue weighted by atomic mass is 9.88. The molecule has 3 nitrogen and oxygen atoms in total. The highest BCUT2D eigenvalue weighted by atomic mass is 16.1. The summed E-state index contributed by atoms with van der Waals surface area (Å²) in [4.78, 5) is 11.7. The molecular weight excluding hydrogens is 380 g/mol. The fourth-order valence-electron chi connectivity index (χ4n) is 5.72. The molecule has 1 N–H and O–H groups in total. The first-order valence-corrected chi connectivity index (χ1v) is 11.5. The maximum atomic E-state index is 11.7. The average Bonchev–Trinajstić information content (AvgIpc) is 3.30. The molecule has 0 saturated heterocycles. The maximum absolute atomic E-state index is 11.7. The van der Waals surface area contributed by atoms with Gasteiger partial charge in [-0.2, -0.15) is 0 Å². The van der Waals surface area contributed by atoms with E-state index in [1.165, 1.54) is 46.1 Å². The molecule has 2 aliphatic rings. The zero-order chi connectivity index (χ0) is 22.2. The Hall–Kier alpha value is -2.81. The van der Waals surface area contributed by atoms with Crippen LogP contribution in [-0.2, 0) is 16.8 Å². The van der Waals surface area contributed by atoms with E-state index < -0.39 is 0 Å². The normalized spacial score (nSPS) is 17.9. The van der Waals surface area contributed by atoms with Gasteiger partial charge < -0.3 is 14.7 Å². The average molecular weight is 415 g/mol. The summed E-state index contributed by atoms with van der Waals surface area (Å²) in [6.07, 6.45) is 18.2. The van der Waals surface area contributed by atoms with Crippen LogP contribution in [0.15, 0.2) is 48.6 Å². The second-order valence-corrected chi connectivity index (χ2v) is 9.05. The van der Waals surface area contributed by atoms with E-state index in [-0.39, 0.29) is 5.54 Å². The monoisotopic (exact) mass is 414 g/mol. The molecule has 1 fully saturated rings. The van der Waals surface area contributed by atoms with E-state index in [9.17, 15) is 4.79 Å². The van der Waals surface area contributed by atoms with Gasteiger partial charge in [0.1, 0.15) is 6.29 Å². The van der Waals surface area contributed by atoms with E-state index in [4.69, 9.17) is 0 Å². The van der Waals surface area contributed by atoms with Crippen LogP contribution in [0, 0.1) is 13.8 Å². The molecule has 0 unspecified atom stereocenters. The molecule has 2 aromatic rings. The number of aldehydes is 1. The molecule has 3 heteroatoms. The number of benzene rings is 1. The van der Waals surface area contributed by atoms with Crippen molar-refractivity contribution in [3.8, 4) is 0 Å². The molecule has 162 valence electrons. The van der Waals surface area contributed by atoms with Crippen molar-refractivity contribution in [2.45, 2.75) is 64.8 Å². The standard InChI is InChI=1S/C28H34N2O/c1-6-28(15-7-8-16-28)30-20(3)18-24-25(22-11-9-10-19(2)12-13-22)23(14-17-31)21(4)26(29-5)27(24)30/h6,10-13,17-18,29H,1,7-9,14-16H2,2-5H3. The van der Waals surface area contributed by atoms with Crippen LogP contribution in [0.5, 0.6) is 0 Å². The SMILES string of the molecule is C=CC1(n2c(C)cc3c(C4=CCC=C(C)C=C4)c(CC=O)c(C)c(NC)c32)CCCC1. The number of anilines is 1. The third-order valence-corrected chi connectivity index (χ3v) is 7.24. The first-order valence-electron chi connectivity index (χ1n) is 11.5. The van der Waals surface area contributed by atoms with Crippen molar-refractivity contribution in [1.29, 1.82) is 0 Å². The van der Waals surface area contributed by atoms with Crippen LogP contribution in [0.2, 0.25) is 0 Å². The summed E-state index contributed by atoms with van der Waals surface area (Å²) in [6, 6.07) is 2.32. The molecule has 0 spiro atoms. The van der Waals surface area contributed by atoms with E-state index in [1.54, 1.807) is 0 Å². The summed E-state index contributed by atoms with van der Waals surface area (Å²) in [5.74, 6) is 0. The lowest BCUT2D eigenvalue weighted by molar-refractivity contribution is -0.107. The topological polar surface area (TPSA) is 34.0 Å². The molecule has 1 aromatic heterocycles. The highest BCUT2D eigenvalue weighted by molar-refractivity contribution is 6.05. The molecule has 1 saturated carbocycles. The first-order chi connectivity index (χ1) is 15.0. The number of aromatic nitrogens is 1. The second-order valence-electron chi connectivity index (χ2n) is 9.05. The predicted molar refractivity (Wildman–Crippen MR) is 133 cm³/mol. The van der Waals surface area contributed by atoms with Crippen LogP contribution in [0.1, 0.15) is 61.4 Å². The van der Waals surface area contributed by atoms with Crippen LogP contribution >= 0.6 is 0 Å². The molecule has 0 aliphatic heterocycles. The van der Waals surface area contributed by atoms with Crippen LogP contribution in [0.4, 0.5) is 5.69 Å². The van der Waals surface area contributed by atoms with Gasteiger partial charge in [-0.1, -0.05) is 48.8 Å². The summed E-state index contributed by atoms with van der Waals surface area (Å²) in [5.41, 5.74) is 9.55. The number of rotatable bonds is 6. The molecule has 0 radical (unpaired) electrons. The summed E-state index contributed by atoms with van der Waals surface area (Å²) in [5, 5.41) is 4.72. The van der Waals surface area contributed by atoms with Crippen LogP contribution < -0.4 is 5.32 Å². The van der Waals surface area contributed by atoms with Gasteiger partial charge in [-0.05, 0) is 68.4 Å². The lowest BCUT2D eigenvalue weighted by Crippen LogP contribution is -2.29. The van der Waals surface area contributed by atoms with Gasteiger partial charge in [0.2, 0.25) is 0 Å². The Kier molecular flexibility index (Phi) is 5.79. The van der Waals surface area contributed by atoms with Gasteiger partial charge >= 0.3 is 0 Å². The zero-order valence-corrected chi connectivity index (χ0v) is 19.3. The second kappa shape index (κ2) is 8.37. The number of nitrogens with zero attached hydrogens (tertiary/aromatic N) is 1. The number of hydrogen-bond donors (Lipinski definition) is 1. The van der Waals surface area contributed by atoms with Gasteiger partial charge in [-0.3, -0.25) is 0 Å². The molecular formula is C28H34N2O. The fraction of sp³-hybridized carbons (Fsp3) is 0.393. The number of carbonyl (C=O) groups is 1. The summed E-state index contributed by atoms with van der Waals surface area (Å²) < 4.78 is 2.53. The molecule has 31 heavy (non-hydrogen) atoms. The Labute approximate surface area is 186 Å². The summed E-state index contributed by atoms with van der Waals surface area (Å²) >= 11 is 0. The molecule has 0 atom stereocenters. The van der Waals surface area contributed by atoms with Crippen molar-refractivity contribution in [2.75, 3.05) is 12.4 Å². The number of nitrogens with one attached hydrogen (secondary N) is 1. The van der Waals surface area contributed by atoms with E-state index >= 15 is 0 Å². The van der Waals surface area contributed by atoms with E-state index in [0.717, 1.165) is 42.4 Å². The van der Waals surface area contributed by atoms with Crippen molar-refractivity contribution in [3.05, 3.63) is 71.0 Å². The van der Waals surface area contributed by atoms with Crippen LogP contribution in [0.3, 0.4) is 0 Å². The van der Waals surface area contributed by atoms with Crippen molar-refractivity contribution in [1.82, 2.24) is 4.57 Å². The van der Waals surface area contributed by atoms with Gasteiger partial charge in [0.15, 0.2) is 0 Å². The molecule has 4 rings (SSSR count). The number of allylic oxidation sites excluding steroid dienone is 7.